The summed E-state index contributed by atoms with van der Waals surface area (Å²) in [6.45, 7) is 0. The van der Waals surface area contributed by atoms with E-state index < -0.39 is 17.5 Å². The van der Waals surface area contributed by atoms with Crippen molar-refractivity contribution < 1.29 is 24.2 Å². The Bertz CT molecular complexity index is 1380. The van der Waals surface area contributed by atoms with Crippen LogP contribution in [0.15, 0.2) is 120 Å². The lowest BCUT2D eigenvalue weighted by molar-refractivity contribution is -0.136. The first-order valence-corrected chi connectivity index (χ1v) is 11.8. The van der Waals surface area contributed by atoms with Crippen LogP contribution >= 0.6 is 0 Å². The van der Waals surface area contributed by atoms with Crippen molar-refractivity contribution in [2.24, 2.45) is 5.10 Å². The fourth-order valence-corrected chi connectivity index (χ4v) is 3.69. The van der Waals surface area contributed by atoms with Crippen molar-refractivity contribution in [3.05, 3.63) is 138 Å². The summed E-state index contributed by atoms with van der Waals surface area (Å²) in [4.78, 5) is 25.2. The van der Waals surface area contributed by atoms with Gasteiger partial charge in [-0.1, -0.05) is 72.8 Å². The van der Waals surface area contributed by atoms with Crippen LogP contribution in [0.1, 0.15) is 22.3 Å². The molecule has 7 heteroatoms. The molecule has 4 aromatic rings. The van der Waals surface area contributed by atoms with Gasteiger partial charge < -0.3 is 14.6 Å². The predicted octanol–water partition coefficient (Wildman–Crippen LogP) is 4.70. The summed E-state index contributed by atoms with van der Waals surface area (Å²) in [6, 6.07) is 31.2. The minimum Gasteiger partial charge on any atom is -0.497 e. The molecule has 0 fully saturated rings. The van der Waals surface area contributed by atoms with Crippen LogP contribution in [0.25, 0.3) is 6.08 Å². The highest BCUT2D eigenvalue weighted by Gasteiger charge is 2.39. The molecular formula is C31H26N2O5. The number of amides is 1. The molecule has 38 heavy (non-hydrogen) atoms. The molecular weight excluding hydrogens is 480 g/mol. The molecule has 0 bridgehead atoms. The second kappa shape index (κ2) is 12.3. The monoisotopic (exact) mass is 506 g/mol. The predicted molar refractivity (Wildman–Crippen MR) is 146 cm³/mol. The van der Waals surface area contributed by atoms with Crippen molar-refractivity contribution >= 4 is 24.2 Å². The molecule has 0 aliphatic carbocycles. The molecule has 190 valence electrons. The third-order valence-corrected chi connectivity index (χ3v) is 5.72. The van der Waals surface area contributed by atoms with Gasteiger partial charge in [0.2, 0.25) is 0 Å². The summed E-state index contributed by atoms with van der Waals surface area (Å²) in [5.74, 6) is -0.120. The van der Waals surface area contributed by atoms with E-state index in [0.717, 1.165) is 11.3 Å². The highest BCUT2D eigenvalue weighted by atomic mass is 16.5. The highest BCUT2D eigenvalue weighted by molar-refractivity contribution is 5.91. The van der Waals surface area contributed by atoms with E-state index in [1.807, 2.05) is 24.3 Å². The average Bonchev–Trinajstić information content (AvgIpc) is 2.97. The average molecular weight is 507 g/mol. The lowest BCUT2D eigenvalue weighted by Gasteiger charge is -2.27. The van der Waals surface area contributed by atoms with Crippen LogP contribution in [-0.4, -0.2) is 30.3 Å². The number of rotatable bonds is 9. The number of benzene rings is 4. The summed E-state index contributed by atoms with van der Waals surface area (Å²) in [5, 5.41) is 15.4. The SMILES string of the molecule is COc1ccc(/C=C/C(=O)Oc2ccc(/C=N/NC(=O)C(O)(c3ccccc3)c3ccccc3)cc2)cc1. The molecule has 0 aliphatic rings. The number of carbonyl (C=O) groups is 2. The second-order valence-electron chi connectivity index (χ2n) is 8.24. The molecule has 0 unspecified atom stereocenters. The third kappa shape index (κ3) is 6.40. The van der Waals surface area contributed by atoms with Crippen LogP contribution in [0, 0.1) is 0 Å². The number of carbonyl (C=O) groups excluding carboxylic acids is 2. The number of nitrogens with one attached hydrogen (secondary N) is 1. The normalized spacial score (nSPS) is 11.4. The molecule has 0 saturated heterocycles. The Morgan fingerprint density at radius 1 is 0.763 bits per heavy atom. The number of methoxy groups -OCH3 is 1. The number of hydrogen-bond donors (Lipinski definition) is 2. The summed E-state index contributed by atoms with van der Waals surface area (Å²) in [6.07, 6.45) is 4.42. The summed E-state index contributed by atoms with van der Waals surface area (Å²) in [7, 11) is 1.59. The Labute approximate surface area is 220 Å². The van der Waals surface area contributed by atoms with E-state index in [9.17, 15) is 14.7 Å². The van der Waals surface area contributed by atoms with E-state index in [2.05, 4.69) is 10.5 Å². The van der Waals surface area contributed by atoms with Crippen molar-refractivity contribution in [3.8, 4) is 11.5 Å². The van der Waals surface area contributed by atoms with Crippen molar-refractivity contribution in [1.82, 2.24) is 5.43 Å². The number of hydrazone groups is 1. The van der Waals surface area contributed by atoms with Gasteiger partial charge >= 0.3 is 5.97 Å². The van der Waals surface area contributed by atoms with Crippen LogP contribution in [0.5, 0.6) is 11.5 Å². The van der Waals surface area contributed by atoms with Gasteiger partial charge in [-0.2, -0.15) is 5.10 Å². The van der Waals surface area contributed by atoms with Crippen molar-refractivity contribution in [2.45, 2.75) is 5.60 Å². The molecule has 0 aliphatic heterocycles. The van der Waals surface area contributed by atoms with Crippen LogP contribution in [0.3, 0.4) is 0 Å². The fourth-order valence-electron chi connectivity index (χ4n) is 3.69. The standard InChI is InChI=1S/C31H26N2O5/c1-37-27-17-12-23(13-18-27)16-21-29(34)38-28-19-14-24(15-20-28)22-32-33-30(35)31(36,25-8-4-2-5-9-25)26-10-6-3-7-11-26/h2-22,36H,1H3,(H,33,35)/b21-16+,32-22+. The van der Waals surface area contributed by atoms with Gasteiger partial charge in [0.25, 0.3) is 5.91 Å². The van der Waals surface area contributed by atoms with Gasteiger partial charge in [0.1, 0.15) is 11.5 Å². The molecule has 0 aromatic heterocycles. The van der Waals surface area contributed by atoms with E-state index in [4.69, 9.17) is 9.47 Å². The van der Waals surface area contributed by atoms with Crippen LogP contribution in [-0.2, 0) is 15.2 Å². The largest absolute Gasteiger partial charge is 0.497 e. The van der Waals surface area contributed by atoms with Crippen molar-refractivity contribution in [3.63, 3.8) is 0 Å². The Balaban J connectivity index is 1.37. The maximum Gasteiger partial charge on any atom is 0.336 e. The maximum atomic E-state index is 13.1. The molecule has 7 nitrogen and oxygen atoms in total. The van der Waals surface area contributed by atoms with E-state index in [-0.39, 0.29) is 0 Å². The zero-order valence-corrected chi connectivity index (χ0v) is 20.7. The minimum atomic E-state index is -1.92. The highest BCUT2D eigenvalue weighted by Crippen LogP contribution is 2.29. The van der Waals surface area contributed by atoms with Crippen LogP contribution < -0.4 is 14.9 Å². The smallest absolute Gasteiger partial charge is 0.336 e. The molecule has 1 amide bonds. The van der Waals surface area contributed by atoms with Gasteiger partial charge in [0, 0.05) is 6.08 Å². The minimum absolute atomic E-state index is 0.359. The Kier molecular flexibility index (Phi) is 8.43. The Morgan fingerprint density at radius 3 is 1.84 bits per heavy atom. The lowest BCUT2D eigenvalue weighted by atomic mass is 9.85. The van der Waals surface area contributed by atoms with Crippen molar-refractivity contribution in [1.29, 1.82) is 0 Å². The molecule has 4 aromatic carbocycles. The Hall–Kier alpha value is -5.01. The third-order valence-electron chi connectivity index (χ3n) is 5.72. The molecule has 2 N–H and O–H groups in total. The first kappa shape index (κ1) is 26.1. The van der Waals surface area contributed by atoms with E-state index in [0.29, 0.717) is 22.4 Å². The summed E-state index contributed by atoms with van der Waals surface area (Å²) >= 11 is 0. The van der Waals surface area contributed by atoms with Crippen LogP contribution in [0.2, 0.25) is 0 Å². The first-order chi connectivity index (χ1) is 18.5. The topological polar surface area (TPSA) is 97.2 Å². The van der Waals surface area contributed by atoms with Gasteiger partial charge in [-0.05, 0) is 64.7 Å². The number of aliphatic hydroxyl groups is 1. The molecule has 0 atom stereocenters. The number of ether oxygens (including phenoxy) is 2. The molecule has 0 heterocycles. The second-order valence-corrected chi connectivity index (χ2v) is 8.24. The summed E-state index contributed by atoms with van der Waals surface area (Å²) in [5.41, 5.74) is 2.85. The summed E-state index contributed by atoms with van der Waals surface area (Å²) < 4.78 is 10.4. The molecule has 0 spiro atoms. The van der Waals surface area contributed by atoms with Gasteiger partial charge in [-0.15, -0.1) is 0 Å². The molecule has 4 rings (SSSR count). The lowest BCUT2D eigenvalue weighted by Crippen LogP contribution is -2.43. The van der Waals surface area contributed by atoms with E-state index in [1.54, 1.807) is 98.1 Å². The Morgan fingerprint density at radius 2 is 1.29 bits per heavy atom. The van der Waals surface area contributed by atoms with Crippen LogP contribution in [0.4, 0.5) is 0 Å². The van der Waals surface area contributed by atoms with E-state index >= 15 is 0 Å². The zero-order valence-electron chi connectivity index (χ0n) is 20.7. The van der Waals surface area contributed by atoms with Crippen molar-refractivity contribution in [2.75, 3.05) is 7.11 Å². The van der Waals surface area contributed by atoms with Gasteiger partial charge in [0.15, 0.2) is 5.60 Å². The first-order valence-electron chi connectivity index (χ1n) is 11.8. The number of nitrogens with zero attached hydrogens (tertiary/aromatic N) is 1. The van der Waals surface area contributed by atoms with Gasteiger partial charge in [0.05, 0.1) is 13.3 Å². The number of hydrogen-bond acceptors (Lipinski definition) is 6. The number of esters is 1. The quantitative estimate of drug-likeness (QED) is 0.113. The van der Waals surface area contributed by atoms with E-state index in [1.165, 1.54) is 12.3 Å². The van der Waals surface area contributed by atoms with Gasteiger partial charge in [-0.25, -0.2) is 10.2 Å². The maximum absolute atomic E-state index is 13.1. The fraction of sp³-hybridized carbons (Fsp3) is 0.0645. The molecule has 0 saturated carbocycles. The zero-order chi connectivity index (χ0) is 26.8. The van der Waals surface area contributed by atoms with Gasteiger partial charge in [-0.3, -0.25) is 4.79 Å². The molecule has 0 radical (unpaired) electrons.